The van der Waals surface area contributed by atoms with Crippen LogP contribution in [-0.2, 0) is 0 Å². The molecule has 0 saturated carbocycles. The summed E-state index contributed by atoms with van der Waals surface area (Å²) >= 11 is 0. The maximum atomic E-state index is 3.78. The Morgan fingerprint density at radius 2 is 0.516 bits per heavy atom. The standard InChI is InChI=1S/C6H6.C5H5N.C4H4N2.6C2H6.CH4/c2*1-2-4-6-5-3-1;1-2-5-4-6-3-1;6*1-2;/h1-6H;1-5H;1-4H;6*1-2H3;1H4. The van der Waals surface area contributed by atoms with E-state index >= 15 is 0 Å². The minimum atomic E-state index is 0. The molecule has 3 heteroatoms. The first-order valence-electron chi connectivity index (χ1n) is 11.5. The summed E-state index contributed by atoms with van der Waals surface area (Å²) in [5, 5.41) is 0. The van der Waals surface area contributed by atoms with E-state index in [1.54, 1.807) is 30.9 Å². The second-order valence-electron chi connectivity index (χ2n) is 3.08. The van der Waals surface area contributed by atoms with E-state index in [0.717, 1.165) is 0 Å². The Morgan fingerprint density at radius 3 is 0.613 bits per heavy atom. The third kappa shape index (κ3) is 74.5. The molecular formula is C28H55N3. The minimum Gasteiger partial charge on any atom is -0.265 e. The van der Waals surface area contributed by atoms with Gasteiger partial charge in [-0.2, -0.15) is 0 Å². The average Bonchev–Trinajstić information content (AvgIpc) is 2.95. The van der Waals surface area contributed by atoms with Crippen LogP contribution in [0.15, 0.2) is 91.8 Å². The predicted molar refractivity (Wildman–Crippen MR) is 148 cm³/mol. The highest BCUT2D eigenvalue weighted by Crippen LogP contribution is 1.80. The molecule has 0 aliphatic rings. The Bertz CT molecular complexity index is 305. The number of hydrogen-bond acceptors (Lipinski definition) is 3. The third-order valence-electron chi connectivity index (χ3n) is 1.71. The SMILES string of the molecule is C.CC.CC.CC.CC.CC.CC.c1ccccc1.c1ccncc1.c1cncnc1. The fourth-order valence-corrected chi connectivity index (χ4v) is 0.951. The van der Waals surface area contributed by atoms with Crippen molar-refractivity contribution in [3.8, 4) is 0 Å². The van der Waals surface area contributed by atoms with Gasteiger partial charge in [0.15, 0.2) is 0 Å². The van der Waals surface area contributed by atoms with Gasteiger partial charge >= 0.3 is 0 Å². The van der Waals surface area contributed by atoms with Crippen molar-refractivity contribution < 1.29 is 0 Å². The van der Waals surface area contributed by atoms with Gasteiger partial charge in [-0.25, -0.2) is 9.97 Å². The van der Waals surface area contributed by atoms with Gasteiger partial charge < -0.3 is 0 Å². The van der Waals surface area contributed by atoms with Crippen LogP contribution in [0, 0.1) is 0 Å². The molecule has 0 aliphatic carbocycles. The molecule has 2 aromatic heterocycles. The monoisotopic (exact) mass is 433 g/mol. The molecule has 0 aliphatic heterocycles. The van der Waals surface area contributed by atoms with Crippen LogP contribution < -0.4 is 0 Å². The second-order valence-corrected chi connectivity index (χ2v) is 3.08. The van der Waals surface area contributed by atoms with E-state index in [0.29, 0.717) is 0 Å². The van der Waals surface area contributed by atoms with Gasteiger partial charge in [0.2, 0.25) is 0 Å². The molecule has 0 bridgehead atoms. The van der Waals surface area contributed by atoms with Crippen molar-refractivity contribution in [1.82, 2.24) is 15.0 Å². The summed E-state index contributed by atoms with van der Waals surface area (Å²) in [4.78, 5) is 11.1. The summed E-state index contributed by atoms with van der Waals surface area (Å²) in [6.45, 7) is 24.0. The van der Waals surface area contributed by atoms with Gasteiger partial charge in [-0.1, -0.05) is 133 Å². The van der Waals surface area contributed by atoms with Crippen LogP contribution in [0.25, 0.3) is 0 Å². The molecule has 31 heavy (non-hydrogen) atoms. The minimum absolute atomic E-state index is 0. The first kappa shape index (κ1) is 46.6. The van der Waals surface area contributed by atoms with Gasteiger partial charge in [0.25, 0.3) is 0 Å². The predicted octanol–water partition coefficient (Wildman–Crippen LogP) is 10.0. The summed E-state index contributed by atoms with van der Waals surface area (Å²) in [7, 11) is 0. The summed E-state index contributed by atoms with van der Waals surface area (Å²) < 4.78 is 0. The molecule has 2 heterocycles. The van der Waals surface area contributed by atoms with Crippen molar-refractivity contribution in [1.29, 1.82) is 0 Å². The van der Waals surface area contributed by atoms with Crippen molar-refractivity contribution in [3.05, 3.63) is 91.8 Å². The van der Waals surface area contributed by atoms with Crippen LogP contribution in [0.1, 0.15) is 90.5 Å². The van der Waals surface area contributed by atoms with Crippen LogP contribution in [0.4, 0.5) is 0 Å². The highest BCUT2D eigenvalue weighted by atomic mass is 14.8. The van der Waals surface area contributed by atoms with E-state index in [1.165, 1.54) is 6.33 Å². The summed E-state index contributed by atoms with van der Waals surface area (Å²) in [6, 6.07) is 19.5. The number of hydrogen-bond donors (Lipinski definition) is 0. The number of benzene rings is 1. The number of rotatable bonds is 0. The van der Waals surface area contributed by atoms with Crippen LogP contribution in [0.3, 0.4) is 0 Å². The molecule has 0 unspecified atom stereocenters. The van der Waals surface area contributed by atoms with E-state index in [9.17, 15) is 0 Å². The number of pyridine rings is 1. The molecule has 0 fully saturated rings. The Morgan fingerprint density at radius 1 is 0.290 bits per heavy atom. The van der Waals surface area contributed by atoms with Crippen molar-refractivity contribution in [2.45, 2.75) is 90.5 Å². The summed E-state index contributed by atoms with van der Waals surface area (Å²) in [5.74, 6) is 0. The van der Waals surface area contributed by atoms with E-state index in [2.05, 4.69) is 15.0 Å². The van der Waals surface area contributed by atoms with E-state index in [1.807, 2.05) is 138 Å². The highest BCUT2D eigenvalue weighted by molar-refractivity contribution is 4.99. The van der Waals surface area contributed by atoms with Crippen molar-refractivity contribution in [3.63, 3.8) is 0 Å². The lowest BCUT2D eigenvalue weighted by atomic mass is 10.4. The van der Waals surface area contributed by atoms with Crippen LogP contribution in [-0.4, -0.2) is 15.0 Å². The molecule has 3 aromatic rings. The van der Waals surface area contributed by atoms with Gasteiger partial charge in [0.1, 0.15) is 6.33 Å². The molecule has 0 radical (unpaired) electrons. The van der Waals surface area contributed by atoms with Crippen molar-refractivity contribution in [2.75, 3.05) is 0 Å². The molecule has 0 amide bonds. The number of nitrogens with zero attached hydrogens (tertiary/aromatic N) is 3. The second kappa shape index (κ2) is 80.5. The zero-order valence-corrected chi connectivity index (χ0v) is 22.0. The van der Waals surface area contributed by atoms with Gasteiger partial charge in [-0.15, -0.1) is 0 Å². The van der Waals surface area contributed by atoms with Crippen molar-refractivity contribution in [2.24, 2.45) is 0 Å². The van der Waals surface area contributed by atoms with Gasteiger partial charge in [-0.3, -0.25) is 4.98 Å². The lowest BCUT2D eigenvalue weighted by Gasteiger charge is -1.70. The Kier molecular flexibility index (Phi) is 121. The first-order valence-corrected chi connectivity index (χ1v) is 11.5. The topological polar surface area (TPSA) is 38.7 Å². The zero-order valence-electron chi connectivity index (χ0n) is 22.0. The molecule has 3 rings (SSSR count). The molecule has 182 valence electrons. The summed E-state index contributed by atoms with van der Waals surface area (Å²) in [6.07, 6.45) is 8.38. The fourth-order valence-electron chi connectivity index (χ4n) is 0.951. The molecule has 3 nitrogen and oxygen atoms in total. The van der Waals surface area contributed by atoms with Gasteiger partial charge in [-0.05, 0) is 18.2 Å². The molecule has 0 atom stereocenters. The van der Waals surface area contributed by atoms with Crippen molar-refractivity contribution >= 4 is 0 Å². The molecule has 1 aromatic carbocycles. The largest absolute Gasteiger partial charge is 0.265 e. The molecule has 0 saturated heterocycles. The summed E-state index contributed by atoms with van der Waals surface area (Å²) in [5.41, 5.74) is 0. The first-order chi connectivity index (χ1) is 15.0. The van der Waals surface area contributed by atoms with E-state index in [4.69, 9.17) is 0 Å². The van der Waals surface area contributed by atoms with Gasteiger partial charge in [0.05, 0.1) is 0 Å². The zero-order chi connectivity index (χ0) is 24.7. The Hall–Kier alpha value is -2.55. The number of aromatic nitrogens is 3. The Balaban J connectivity index is -0.0000000445. The van der Waals surface area contributed by atoms with E-state index < -0.39 is 0 Å². The maximum Gasteiger partial charge on any atom is 0.115 e. The van der Waals surface area contributed by atoms with Gasteiger partial charge in [0, 0.05) is 24.8 Å². The molecular weight excluding hydrogens is 378 g/mol. The third-order valence-corrected chi connectivity index (χ3v) is 1.71. The normalized spacial score (nSPS) is 5.81. The van der Waals surface area contributed by atoms with Crippen LogP contribution >= 0.6 is 0 Å². The van der Waals surface area contributed by atoms with E-state index in [-0.39, 0.29) is 7.43 Å². The highest BCUT2D eigenvalue weighted by Gasteiger charge is 1.59. The van der Waals surface area contributed by atoms with Crippen LogP contribution in [0.2, 0.25) is 0 Å². The lowest BCUT2D eigenvalue weighted by molar-refractivity contribution is 1.17. The maximum absolute atomic E-state index is 3.78. The Labute approximate surface area is 197 Å². The smallest absolute Gasteiger partial charge is 0.115 e. The lowest BCUT2D eigenvalue weighted by Crippen LogP contribution is -1.66. The molecule has 0 N–H and O–H groups in total. The average molecular weight is 434 g/mol. The fraction of sp³-hybridized carbons (Fsp3) is 0.464. The van der Waals surface area contributed by atoms with Crippen LogP contribution in [0.5, 0.6) is 0 Å². The molecule has 0 spiro atoms. The quantitative estimate of drug-likeness (QED) is 0.354.